The molecule has 0 aliphatic rings. The van der Waals surface area contributed by atoms with Gasteiger partial charge >= 0.3 is 11.9 Å². The Morgan fingerprint density at radius 1 is 1.12 bits per heavy atom. The normalized spacial score (nSPS) is 11.9. The fourth-order valence-electron chi connectivity index (χ4n) is 1.16. The largest absolute Gasteiger partial charge is 0.466 e. The number of esters is 2. The molecule has 0 aromatic rings. The molecule has 5 heteroatoms. The molecule has 0 N–H and O–H groups in total. The van der Waals surface area contributed by atoms with Crippen molar-refractivity contribution in [2.45, 2.75) is 38.7 Å². The van der Waals surface area contributed by atoms with Crippen molar-refractivity contribution in [3.63, 3.8) is 0 Å². The second-order valence-corrected chi connectivity index (χ2v) is 3.46. The van der Waals surface area contributed by atoms with Gasteiger partial charge in [0.1, 0.15) is 0 Å². The van der Waals surface area contributed by atoms with Gasteiger partial charge in [-0.3, -0.25) is 4.79 Å². The SMILES string of the molecule is COCCCCCC(=O)OC(C)C(=O)OC. The third-order valence-electron chi connectivity index (χ3n) is 2.07. The van der Waals surface area contributed by atoms with Crippen LogP contribution in [0.15, 0.2) is 0 Å². The number of methoxy groups -OCH3 is 2. The van der Waals surface area contributed by atoms with Crippen LogP contribution in [0.1, 0.15) is 32.6 Å². The third kappa shape index (κ3) is 7.23. The molecule has 1 unspecified atom stereocenters. The first kappa shape index (κ1) is 14.9. The van der Waals surface area contributed by atoms with Crippen molar-refractivity contribution in [3.05, 3.63) is 0 Å². The van der Waals surface area contributed by atoms with Gasteiger partial charge < -0.3 is 14.2 Å². The summed E-state index contributed by atoms with van der Waals surface area (Å²) in [5.41, 5.74) is 0. The second kappa shape index (κ2) is 9.15. The Morgan fingerprint density at radius 2 is 1.81 bits per heavy atom. The highest BCUT2D eigenvalue weighted by atomic mass is 16.6. The van der Waals surface area contributed by atoms with Gasteiger partial charge in [0.15, 0.2) is 6.10 Å². The molecule has 0 aromatic carbocycles. The Hall–Kier alpha value is -1.10. The summed E-state index contributed by atoms with van der Waals surface area (Å²) in [6, 6.07) is 0. The highest BCUT2D eigenvalue weighted by Crippen LogP contribution is 2.04. The molecule has 5 nitrogen and oxygen atoms in total. The van der Waals surface area contributed by atoms with E-state index in [1.807, 2.05) is 0 Å². The van der Waals surface area contributed by atoms with Gasteiger partial charge in [-0.2, -0.15) is 0 Å². The molecule has 16 heavy (non-hydrogen) atoms. The second-order valence-electron chi connectivity index (χ2n) is 3.46. The van der Waals surface area contributed by atoms with Gasteiger partial charge in [0.2, 0.25) is 0 Å². The van der Waals surface area contributed by atoms with Gasteiger partial charge in [0, 0.05) is 20.1 Å². The minimum atomic E-state index is -0.823. The maximum absolute atomic E-state index is 11.2. The van der Waals surface area contributed by atoms with Gasteiger partial charge in [-0.25, -0.2) is 4.79 Å². The van der Waals surface area contributed by atoms with E-state index in [9.17, 15) is 9.59 Å². The van der Waals surface area contributed by atoms with Crippen LogP contribution in [-0.2, 0) is 23.8 Å². The van der Waals surface area contributed by atoms with Crippen LogP contribution in [0.3, 0.4) is 0 Å². The highest BCUT2D eigenvalue weighted by molar-refractivity contribution is 5.78. The molecule has 0 aliphatic heterocycles. The lowest BCUT2D eigenvalue weighted by molar-refractivity contribution is -0.164. The van der Waals surface area contributed by atoms with Crippen LogP contribution in [0.25, 0.3) is 0 Å². The van der Waals surface area contributed by atoms with Gasteiger partial charge in [-0.1, -0.05) is 6.42 Å². The van der Waals surface area contributed by atoms with E-state index in [1.165, 1.54) is 14.0 Å². The fourth-order valence-corrected chi connectivity index (χ4v) is 1.16. The maximum atomic E-state index is 11.2. The Morgan fingerprint density at radius 3 is 2.38 bits per heavy atom. The van der Waals surface area contributed by atoms with Crippen molar-refractivity contribution in [1.29, 1.82) is 0 Å². The van der Waals surface area contributed by atoms with Crippen LogP contribution in [-0.4, -0.2) is 38.9 Å². The minimum Gasteiger partial charge on any atom is -0.466 e. The van der Waals surface area contributed by atoms with E-state index in [4.69, 9.17) is 9.47 Å². The molecule has 0 aliphatic carbocycles. The van der Waals surface area contributed by atoms with Gasteiger partial charge in [0.25, 0.3) is 0 Å². The van der Waals surface area contributed by atoms with E-state index in [-0.39, 0.29) is 5.97 Å². The molecule has 0 bridgehead atoms. The van der Waals surface area contributed by atoms with Crippen molar-refractivity contribution in [3.8, 4) is 0 Å². The lowest BCUT2D eigenvalue weighted by atomic mass is 10.2. The zero-order valence-electron chi connectivity index (χ0n) is 10.2. The standard InChI is InChI=1S/C11H20O5/c1-9(11(13)15-3)16-10(12)7-5-4-6-8-14-2/h9H,4-8H2,1-3H3. The molecule has 0 heterocycles. The topological polar surface area (TPSA) is 61.8 Å². The average Bonchev–Trinajstić information content (AvgIpc) is 2.27. The van der Waals surface area contributed by atoms with Crippen LogP contribution in [0.2, 0.25) is 0 Å². The average molecular weight is 232 g/mol. The first-order valence-electron chi connectivity index (χ1n) is 5.38. The summed E-state index contributed by atoms with van der Waals surface area (Å²) in [7, 11) is 2.91. The molecular formula is C11H20O5. The Balaban J connectivity index is 3.54. The molecule has 0 saturated carbocycles. The lowest BCUT2D eigenvalue weighted by Gasteiger charge is -2.10. The van der Waals surface area contributed by atoms with E-state index < -0.39 is 12.1 Å². The summed E-state index contributed by atoms with van der Waals surface area (Å²) in [6.07, 6.45) is 2.09. The summed E-state index contributed by atoms with van der Waals surface area (Å²) in [5, 5.41) is 0. The quantitative estimate of drug-likeness (QED) is 0.466. The van der Waals surface area contributed by atoms with E-state index >= 15 is 0 Å². The summed E-state index contributed by atoms with van der Waals surface area (Å²) >= 11 is 0. The first-order valence-corrected chi connectivity index (χ1v) is 5.38. The molecule has 0 rings (SSSR count). The number of carbonyl (C=O) groups is 2. The number of carbonyl (C=O) groups excluding carboxylic acids is 2. The predicted molar refractivity (Wildman–Crippen MR) is 57.9 cm³/mol. The summed E-state index contributed by atoms with van der Waals surface area (Å²) in [5.74, 6) is -0.900. The van der Waals surface area contributed by atoms with Crippen LogP contribution < -0.4 is 0 Å². The zero-order chi connectivity index (χ0) is 12.4. The van der Waals surface area contributed by atoms with Crippen LogP contribution >= 0.6 is 0 Å². The van der Waals surface area contributed by atoms with Gasteiger partial charge in [0.05, 0.1) is 7.11 Å². The van der Waals surface area contributed by atoms with Crippen molar-refractivity contribution in [2.75, 3.05) is 20.8 Å². The lowest BCUT2D eigenvalue weighted by Crippen LogP contribution is -2.25. The third-order valence-corrected chi connectivity index (χ3v) is 2.07. The number of hydrogen-bond donors (Lipinski definition) is 0. The summed E-state index contributed by atoms with van der Waals surface area (Å²) < 4.78 is 14.2. The number of rotatable bonds is 8. The summed E-state index contributed by atoms with van der Waals surface area (Å²) in [6.45, 7) is 2.20. The zero-order valence-corrected chi connectivity index (χ0v) is 10.2. The van der Waals surface area contributed by atoms with E-state index in [0.717, 1.165) is 19.3 Å². The number of unbranched alkanes of at least 4 members (excludes halogenated alkanes) is 2. The molecule has 1 atom stereocenters. The Labute approximate surface area is 96.1 Å². The van der Waals surface area contributed by atoms with Crippen molar-refractivity contribution >= 4 is 11.9 Å². The van der Waals surface area contributed by atoms with E-state index in [0.29, 0.717) is 13.0 Å². The monoisotopic (exact) mass is 232 g/mol. The van der Waals surface area contributed by atoms with Crippen LogP contribution in [0.5, 0.6) is 0 Å². The van der Waals surface area contributed by atoms with Gasteiger partial charge in [-0.05, 0) is 19.8 Å². The fraction of sp³-hybridized carbons (Fsp3) is 0.818. The van der Waals surface area contributed by atoms with E-state index in [1.54, 1.807) is 7.11 Å². The molecular weight excluding hydrogens is 212 g/mol. The first-order chi connectivity index (χ1) is 7.61. The molecule has 0 amide bonds. The molecule has 0 radical (unpaired) electrons. The van der Waals surface area contributed by atoms with E-state index in [2.05, 4.69) is 4.74 Å². The van der Waals surface area contributed by atoms with Crippen molar-refractivity contribution in [2.24, 2.45) is 0 Å². The maximum Gasteiger partial charge on any atom is 0.346 e. The van der Waals surface area contributed by atoms with Crippen molar-refractivity contribution in [1.82, 2.24) is 0 Å². The number of ether oxygens (including phenoxy) is 3. The molecule has 0 aromatic heterocycles. The molecule has 0 saturated heterocycles. The minimum absolute atomic E-state index is 0.324. The molecule has 94 valence electrons. The highest BCUT2D eigenvalue weighted by Gasteiger charge is 2.17. The van der Waals surface area contributed by atoms with Crippen LogP contribution in [0, 0.1) is 0 Å². The van der Waals surface area contributed by atoms with Crippen molar-refractivity contribution < 1.29 is 23.8 Å². The predicted octanol–water partition coefficient (Wildman–Crippen LogP) is 1.30. The summed E-state index contributed by atoms with van der Waals surface area (Å²) in [4.78, 5) is 22.2. The smallest absolute Gasteiger partial charge is 0.346 e. The van der Waals surface area contributed by atoms with Crippen LogP contribution in [0.4, 0.5) is 0 Å². The molecule has 0 spiro atoms. The molecule has 0 fully saturated rings. The number of hydrogen-bond acceptors (Lipinski definition) is 5. The Bertz CT molecular complexity index is 214. The Kier molecular flexibility index (Phi) is 8.52. The van der Waals surface area contributed by atoms with Gasteiger partial charge in [-0.15, -0.1) is 0 Å².